The third-order valence-electron chi connectivity index (χ3n) is 3.59. The number of esters is 1. The number of ether oxygens (including phenoxy) is 1. The van der Waals surface area contributed by atoms with Gasteiger partial charge in [0.25, 0.3) is 0 Å². The summed E-state index contributed by atoms with van der Waals surface area (Å²) in [6.45, 7) is 2.94. The lowest BCUT2D eigenvalue weighted by molar-refractivity contribution is -0.142. The van der Waals surface area contributed by atoms with Crippen LogP contribution in [0.3, 0.4) is 0 Å². The quantitative estimate of drug-likeness (QED) is 0.850. The highest BCUT2D eigenvalue weighted by atomic mass is 19.4. The molecule has 1 aromatic rings. The second kappa shape index (κ2) is 6.14. The number of carboxylic acid groups (broad SMARTS) is 1. The predicted octanol–water partition coefficient (Wildman–Crippen LogP) is 2.68. The SMILES string of the molecule is CCOC(=O)C1=NN(c2cccc(C(F)(F)F)c2)C(C)(C(=O)O)C1. The van der Waals surface area contributed by atoms with Crippen molar-refractivity contribution in [3.8, 4) is 0 Å². The van der Waals surface area contributed by atoms with Gasteiger partial charge in [0.05, 0.1) is 17.9 Å². The molecule has 0 fully saturated rings. The van der Waals surface area contributed by atoms with E-state index in [-0.39, 0.29) is 24.4 Å². The molecule has 1 N–H and O–H groups in total. The van der Waals surface area contributed by atoms with Crippen LogP contribution in [-0.2, 0) is 20.5 Å². The number of aliphatic carboxylic acids is 1. The Hall–Kier alpha value is -2.58. The van der Waals surface area contributed by atoms with Gasteiger partial charge in [0.2, 0.25) is 0 Å². The molecule has 6 nitrogen and oxygen atoms in total. The van der Waals surface area contributed by atoms with E-state index in [1.807, 2.05) is 0 Å². The molecular formula is C15H15F3N2O4. The van der Waals surface area contributed by atoms with Crippen LogP contribution in [-0.4, -0.2) is 34.9 Å². The Kier molecular flexibility index (Phi) is 4.54. The van der Waals surface area contributed by atoms with Crippen LogP contribution in [0.15, 0.2) is 29.4 Å². The normalized spacial score (nSPS) is 20.7. The Morgan fingerprint density at radius 3 is 2.62 bits per heavy atom. The van der Waals surface area contributed by atoms with Crippen LogP contribution >= 0.6 is 0 Å². The summed E-state index contributed by atoms with van der Waals surface area (Å²) in [6, 6.07) is 4.11. The summed E-state index contributed by atoms with van der Waals surface area (Å²) in [7, 11) is 0. The molecule has 1 heterocycles. The van der Waals surface area contributed by atoms with Crippen LogP contribution in [0, 0.1) is 0 Å². The molecule has 0 aromatic heterocycles. The number of anilines is 1. The van der Waals surface area contributed by atoms with E-state index in [0.717, 1.165) is 23.2 Å². The molecule has 1 atom stereocenters. The molecule has 130 valence electrons. The monoisotopic (exact) mass is 344 g/mol. The van der Waals surface area contributed by atoms with E-state index in [1.54, 1.807) is 6.92 Å². The molecule has 24 heavy (non-hydrogen) atoms. The van der Waals surface area contributed by atoms with E-state index in [4.69, 9.17) is 4.74 Å². The van der Waals surface area contributed by atoms with Crippen LogP contribution in [0.1, 0.15) is 25.8 Å². The zero-order chi connectivity index (χ0) is 18.1. The van der Waals surface area contributed by atoms with Gasteiger partial charge in [-0.05, 0) is 32.0 Å². The molecular weight excluding hydrogens is 329 g/mol. The van der Waals surface area contributed by atoms with Crippen LogP contribution in [0.5, 0.6) is 0 Å². The van der Waals surface area contributed by atoms with E-state index in [9.17, 15) is 27.9 Å². The smallest absolute Gasteiger partial charge is 0.416 e. The first kappa shape index (κ1) is 17.8. The van der Waals surface area contributed by atoms with Crippen molar-refractivity contribution in [3.05, 3.63) is 29.8 Å². The first-order valence-electron chi connectivity index (χ1n) is 7.05. The maximum absolute atomic E-state index is 12.9. The van der Waals surface area contributed by atoms with Gasteiger partial charge >= 0.3 is 18.1 Å². The summed E-state index contributed by atoms with van der Waals surface area (Å²) < 4.78 is 43.4. The lowest BCUT2D eigenvalue weighted by Crippen LogP contribution is -2.47. The molecule has 0 radical (unpaired) electrons. The van der Waals surface area contributed by atoms with Crippen molar-refractivity contribution in [2.24, 2.45) is 5.10 Å². The third-order valence-corrected chi connectivity index (χ3v) is 3.59. The minimum Gasteiger partial charge on any atom is -0.479 e. The standard InChI is InChI=1S/C15H15F3N2O4/c1-3-24-12(21)11-8-14(2,13(22)23)20(19-11)10-6-4-5-9(7-10)15(16,17)18/h4-7H,3,8H2,1-2H3,(H,22,23). The summed E-state index contributed by atoms with van der Waals surface area (Å²) in [6.07, 6.45) is -4.86. The molecule has 0 saturated carbocycles. The second-order valence-corrected chi connectivity index (χ2v) is 5.38. The topological polar surface area (TPSA) is 79.2 Å². The third kappa shape index (κ3) is 3.19. The fourth-order valence-electron chi connectivity index (χ4n) is 2.32. The number of hydrogen-bond acceptors (Lipinski definition) is 5. The lowest BCUT2D eigenvalue weighted by Gasteiger charge is -2.30. The van der Waals surface area contributed by atoms with Gasteiger partial charge in [-0.2, -0.15) is 18.3 Å². The lowest BCUT2D eigenvalue weighted by atomic mass is 9.95. The molecule has 1 aromatic carbocycles. The Morgan fingerprint density at radius 2 is 2.08 bits per heavy atom. The molecule has 1 unspecified atom stereocenters. The molecule has 0 bridgehead atoms. The van der Waals surface area contributed by atoms with Crippen molar-refractivity contribution in [1.82, 2.24) is 0 Å². The number of hydrogen-bond donors (Lipinski definition) is 1. The number of benzene rings is 1. The van der Waals surface area contributed by atoms with Crippen LogP contribution < -0.4 is 5.01 Å². The minimum absolute atomic E-state index is 0.0746. The van der Waals surface area contributed by atoms with Crippen molar-refractivity contribution in [1.29, 1.82) is 0 Å². The molecule has 0 spiro atoms. The average molecular weight is 344 g/mol. The Labute approximate surface area is 135 Å². The number of hydrazone groups is 1. The molecule has 2 rings (SSSR count). The van der Waals surface area contributed by atoms with Gasteiger partial charge in [0, 0.05) is 6.42 Å². The Balaban J connectivity index is 2.48. The fraction of sp³-hybridized carbons (Fsp3) is 0.400. The zero-order valence-electron chi connectivity index (χ0n) is 12.9. The highest BCUT2D eigenvalue weighted by molar-refractivity contribution is 6.38. The largest absolute Gasteiger partial charge is 0.479 e. The highest BCUT2D eigenvalue weighted by Gasteiger charge is 2.48. The van der Waals surface area contributed by atoms with Crippen molar-refractivity contribution >= 4 is 23.3 Å². The van der Waals surface area contributed by atoms with Crippen molar-refractivity contribution in [3.63, 3.8) is 0 Å². The first-order valence-corrected chi connectivity index (χ1v) is 7.05. The first-order chi connectivity index (χ1) is 11.1. The Morgan fingerprint density at radius 1 is 1.42 bits per heavy atom. The fourth-order valence-corrected chi connectivity index (χ4v) is 2.32. The number of nitrogens with zero attached hydrogens (tertiary/aromatic N) is 2. The van der Waals surface area contributed by atoms with Gasteiger partial charge in [0.1, 0.15) is 5.71 Å². The van der Waals surface area contributed by atoms with Crippen LogP contribution in [0.25, 0.3) is 0 Å². The van der Waals surface area contributed by atoms with Gasteiger partial charge in [-0.1, -0.05) is 6.07 Å². The van der Waals surface area contributed by atoms with Crippen molar-refractivity contribution in [2.45, 2.75) is 32.0 Å². The highest BCUT2D eigenvalue weighted by Crippen LogP contribution is 2.37. The number of carboxylic acids is 1. The summed E-state index contributed by atoms with van der Waals surface area (Å²) in [5.41, 5.74) is -2.85. The molecule has 0 amide bonds. The number of halogens is 3. The zero-order valence-corrected chi connectivity index (χ0v) is 12.9. The molecule has 1 aliphatic heterocycles. The van der Waals surface area contributed by atoms with Crippen LogP contribution in [0.4, 0.5) is 18.9 Å². The van der Waals surface area contributed by atoms with Crippen molar-refractivity contribution < 1.29 is 32.6 Å². The molecule has 1 aliphatic rings. The van der Waals surface area contributed by atoms with E-state index in [0.29, 0.717) is 0 Å². The van der Waals surface area contributed by atoms with Gasteiger partial charge in [-0.15, -0.1) is 0 Å². The van der Waals surface area contributed by atoms with E-state index < -0.39 is 29.2 Å². The molecule has 9 heteroatoms. The number of carbonyl (C=O) groups excluding carboxylic acids is 1. The summed E-state index contributed by atoms with van der Waals surface area (Å²) in [5.74, 6) is -2.11. The van der Waals surface area contributed by atoms with Gasteiger partial charge in [-0.3, -0.25) is 0 Å². The Bertz CT molecular complexity index is 702. The van der Waals surface area contributed by atoms with E-state index in [1.165, 1.54) is 13.0 Å². The maximum Gasteiger partial charge on any atom is 0.416 e. The predicted molar refractivity (Wildman–Crippen MR) is 78.6 cm³/mol. The van der Waals surface area contributed by atoms with Gasteiger partial charge in [0.15, 0.2) is 5.54 Å². The van der Waals surface area contributed by atoms with Crippen molar-refractivity contribution in [2.75, 3.05) is 11.6 Å². The van der Waals surface area contributed by atoms with E-state index >= 15 is 0 Å². The number of rotatable bonds is 4. The van der Waals surface area contributed by atoms with E-state index in [2.05, 4.69) is 5.10 Å². The number of alkyl halides is 3. The van der Waals surface area contributed by atoms with Gasteiger partial charge < -0.3 is 9.84 Å². The molecule has 0 aliphatic carbocycles. The second-order valence-electron chi connectivity index (χ2n) is 5.38. The number of carbonyl (C=O) groups is 2. The summed E-state index contributed by atoms with van der Waals surface area (Å²) >= 11 is 0. The summed E-state index contributed by atoms with van der Waals surface area (Å²) in [4.78, 5) is 23.4. The van der Waals surface area contributed by atoms with Gasteiger partial charge in [-0.25, -0.2) is 14.6 Å². The van der Waals surface area contributed by atoms with Crippen LogP contribution in [0.2, 0.25) is 0 Å². The average Bonchev–Trinajstić information content (AvgIpc) is 2.86. The minimum atomic E-state index is -4.58. The molecule has 0 saturated heterocycles. The maximum atomic E-state index is 12.9. The summed E-state index contributed by atoms with van der Waals surface area (Å²) in [5, 5.41) is 14.3.